The number of carbonyl (C=O) groups is 1. The number of aldehydes is 1. The summed E-state index contributed by atoms with van der Waals surface area (Å²) < 4.78 is 1.07. The van der Waals surface area contributed by atoms with Crippen LogP contribution in [-0.2, 0) is 11.2 Å². The molecule has 60 valence electrons. The number of halogens is 1. The van der Waals surface area contributed by atoms with Crippen LogP contribution in [0.2, 0.25) is 0 Å². The van der Waals surface area contributed by atoms with Gasteiger partial charge in [0.05, 0.1) is 14.5 Å². The Balaban J connectivity index is 2.64. The van der Waals surface area contributed by atoms with Crippen LogP contribution in [0.25, 0.3) is 0 Å². The van der Waals surface area contributed by atoms with E-state index >= 15 is 0 Å². The van der Waals surface area contributed by atoms with Crippen LogP contribution in [-0.4, -0.2) is 11.3 Å². The molecule has 0 amide bonds. The molecule has 1 aromatic heterocycles. The van der Waals surface area contributed by atoms with Crippen LogP contribution in [0.3, 0.4) is 0 Å². The number of nitrogens with zero attached hydrogens (tertiary/aromatic N) is 1. The topological polar surface area (TPSA) is 30.0 Å². The van der Waals surface area contributed by atoms with Gasteiger partial charge in [-0.05, 0) is 22.9 Å². The van der Waals surface area contributed by atoms with E-state index in [0.717, 1.165) is 27.2 Å². The van der Waals surface area contributed by atoms with Crippen molar-refractivity contribution in [3.8, 4) is 0 Å². The first-order chi connectivity index (χ1) is 5.24. The molecule has 0 spiro atoms. The van der Waals surface area contributed by atoms with Crippen LogP contribution in [0.15, 0.2) is 3.79 Å². The van der Waals surface area contributed by atoms with Gasteiger partial charge in [0.25, 0.3) is 0 Å². The Bertz CT molecular complexity index is 239. The van der Waals surface area contributed by atoms with Crippen LogP contribution in [0.4, 0.5) is 0 Å². The average Bonchev–Trinajstić information content (AvgIpc) is 2.28. The Hall–Kier alpha value is -0.220. The molecule has 0 atom stereocenters. The second kappa shape index (κ2) is 3.97. The van der Waals surface area contributed by atoms with Gasteiger partial charge >= 0.3 is 0 Å². The van der Waals surface area contributed by atoms with Crippen molar-refractivity contribution in [3.05, 3.63) is 14.5 Å². The highest BCUT2D eigenvalue weighted by Gasteiger charge is 2.03. The lowest BCUT2D eigenvalue weighted by molar-refractivity contribution is -0.107. The fourth-order valence-electron chi connectivity index (χ4n) is 0.720. The lowest BCUT2D eigenvalue weighted by atomic mass is 10.3. The normalized spacial score (nSPS) is 10.0. The predicted octanol–water partition coefficient (Wildman–Crippen LogP) is 2.35. The SMILES string of the molecule is Cc1nc(CCC=O)sc1Br. The number of aryl methyl sites for hydroxylation is 2. The Morgan fingerprint density at radius 1 is 1.73 bits per heavy atom. The fraction of sp³-hybridized carbons (Fsp3) is 0.429. The van der Waals surface area contributed by atoms with Gasteiger partial charge in [0, 0.05) is 12.8 Å². The summed E-state index contributed by atoms with van der Waals surface area (Å²) in [5, 5.41) is 1.03. The van der Waals surface area contributed by atoms with Crippen molar-refractivity contribution < 1.29 is 4.79 Å². The van der Waals surface area contributed by atoms with Crippen LogP contribution < -0.4 is 0 Å². The van der Waals surface area contributed by atoms with Gasteiger partial charge in [-0.25, -0.2) is 4.98 Å². The molecule has 0 aliphatic heterocycles. The van der Waals surface area contributed by atoms with Gasteiger partial charge in [-0.1, -0.05) is 0 Å². The first kappa shape index (κ1) is 8.87. The van der Waals surface area contributed by atoms with Gasteiger partial charge in [-0.3, -0.25) is 0 Å². The minimum Gasteiger partial charge on any atom is -0.303 e. The molecule has 11 heavy (non-hydrogen) atoms. The van der Waals surface area contributed by atoms with Crippen LogP contribution >= 0.6 is 27.3 Å². The number of hydrogen-bond donors (Lipinski definition) is 0. The number of thiazole rings is 1. The molecule has 4 heteroatoms. The highest BCUT2D eigenvalue weighted by Crippen LogP contribution is 2.24. The van der Waals surface area contributed by atoms with Crippen molar-refractivity contribution in [2.75, 3.05) is 0 Å². The largest absolute Gasteiger partial charge is 0.303 e. The number of rotatable bonds is 3. The molecule has 1 aromatic rings. The quantitative estimate of drug-likeness (QED) is 0.751. The Kier molecular flexibility index (Phi) is 3.20. The Morgan fingerprint density at radius 2 is 2.45 bits per heavy atom. The highest BCUT2D eigenvalue weighted by molar-refractivity contribution is 9.11. The third kappa shape index (κ3) is 2.38. The molecule has 0 aliphatic carbocycles. The van der Waals surface area contributed by atoms with Crippen LogP contribution in [0.5, 0.6) is 0 Å². The smallest absolute Gasteiger partial charge is 0.120 e. The minimum absolute atomic E-state index is 0.569. The van der Waals surface area contributed by atoms with Gasteiger partial charge in [0.2, 0.25) is 0 Å². The molecule has 1 heterocycles. The molecule has 0 aliphatic rings. The standard InChI is InChI=1S/C7H8BrNOS/c1-5-7(8)11-6(9-5)3-2-4-10/h4H,2-3H2,1H3. The molecule has 0 fully saturated rings. The van der Waals surface area contributed by atoms with E-state index in [1.807, 2.05) is 6.92 Å². The van der Waals surface area contributed by atoms with E-state index in [9.17, 15) is 4.79 Å². The van der Waals surface area contributed by atoms with Crippen molar-refractivity contribution in [3.63, 3.8) is 0 Å². The Labute approximate surface area is 77.8 Å². The Morgan fingerprint density at radius 3 is 2.91 bits per heavy atom. The van der Waals surface area contributed by atoms with Gasteiger partial charge in [0.15, 0.2) is 0 Å². The minimum atomic E-state index is 0.569. The molecule has 0 bridgehead atoms. The maximum Gasteiger partial charge on any atom is 0.120 e. The molecule has 1 rings (SSSR count). The summed E-state index contributed by atoms with van der Waals surface area (Å²) >= 11 is 4.98. The van der Waals surface area contributed by atoms with Gasteiger partial charge in [0.1, 0.15) is 6.29 Å². The first-order valence-electron chi connectivity index (χ1n) is 3.29. The summed E-state index contributed by atoms with van der Waals surface area (Å²) in [6, 6.07) is 0. The van der Waals surface area contributed by atoms with E-state index in [0.29, 0.717) is 6.42 Å². The highest BCUT2D eigenvalue weighted by atomic mass is 79.9. The monoisotopic (exact) mass is 233 g/mol. The molecule has 0 unspecified atom stereocenters. The van der Waals surface area contributed by atoms with Crippen molar-refractivity contribution in [1.82, 2.24) is 4.98 Å². The second-order valence-corrected chi connectivity index (χ2v) is 4.57. The number of aromatic nitrogens is 1. The van der Waals surface area contributed by atoms with E-state index in [2.05, 4.69) is 20.9 Å². The zero-order valence-corrected chi connectivity index (χ0v) is 8.54. The summed E-state index contributed by atoms with van der Waals surface area (Å²) in [6.07, 6.45) is 2.25. The van der Waals surface area contributed by atoms with Gasteiger partial charge in [-0.2, -0.15) is 0 Å². The van der Waals surface area contributed by atoms with Gasteiger partial charge in [-0.15, -0.1) is 11.3 Å². The van der Waals surface area contributed by atoms with E-state index in [-0.39, 0.29) is 0 Å². The summed E-state index contributed by atoms with van der Waals surface area (Å²) in [4.78, 5) is 14.3. The average molecular weight is 234 g/mol. The van der Waals surface area contributed by atoms with E-state index in [4.69, 9.17) is 0 Å². The molecule has 0 N–H and O–H groups in total. The number of hydrogen-bond acceptors (Lipinski definition) is 3. The summed E-state index contributed by atoms with van der Waals surface area (Å²) in [6.45, 7) is 1.95. The first-order valence-corrected chi connectivity index (χ1v) is 4.90. The second-order valence-electron chi connectivity index (χ2n) is 2.17. The van der Waals surface area contributed by atoms with Crippen molar-refractivity contribution in [1.29, 1.82) is 0 Å². The van der Waals surface area contributed by atoms with E-state index in [1.165, 1.54) is 0 Å². The zero-order valence-electron chi connectivity index (χ0n) is 6.13. The molecular weight excluding hydrogens is 226 g/mol. The zero-order chi connectivity index (χ0) is 8.27. The molecule has 0 aromatic carbocycles. The molecule has 0 saturated heterocycles. The fourth-order valence-corrected chi connectivity index (χ4v) is 2.17. The molecule has 0 radical (unpaired) electrons. The molecular formula is C7H8BrNOS. The summed E-state index contributed by atoms with van der Waals surface area (Å²) in [5.74, 6) is 0. The summed E-state index contributed by atoms with van der Waals surface area (Å²) in [7, 11) is 0. The molecule has 0 saturated carbocycles. The lowest BCUT2D eigenvalue weighted by Gasteiger charge is -1.84. The van der Waals surface area contributed by atoms with Crippen LogP contribution in [0.1, 0.15) is 17.1 Å². The lowest BCUT2D eigenvalue weighted by Crippen LogP contribution is -1.84. The van der Waals surface area contributed by atoms with Crippen molar-refractivity contribution in [2.45, 2.75) is 19.8 Å². The third-order valence-corrected chi connectivity index (χ3v) is 3.33. The van der Waals surface area contributed by atoms with Gasteiger partial charge < -0.3 is 4.79 Å². The maximum absolute atomic E-state index is 10.0. The third-order valence-electron chi connectivity index (χ3n) is 1.26. The van der Waals surface area contributed by atoms with Crippen molar-refractivity contribution in [2.24, 2.45) is 0 Å². The van der Waals surface area contributed by atoms with Crippen LogP contribution in [0, 0.1) is 6.92 Å². The van der Waals surface area contributed by atoms with E-state index in [1.54, 1.807) is 11.3 Å². The number of carbonyl (C=O) groups excluding carboxylic acids is 1. The summed E-state index contributed by atoms with van der Waals surface area (Å²) in [5.41, 5.74) is 1.01. The van der Waals surface area contributed by atoms with E-state index < -0.39 is 0 Å². The maximum atomic E-state index is 10.0. The molecule has 2 nitrogen and oxygen atoms in total. The predicted molar refractivity (Wildman–Crippen MR) is 48.9 cm³/mol. The van der Waals surface area contributed by atoms with Crippen molar-refractivity contribution >= 4 is 33.6 Å².